The van der Waals surface area contributed by atoms with Crippen LogP contribution in [0.25, 0.3) is 0 Å². The Morgan fingerprint density at radius 2 is 1.19 bits per heavy atom. The molecular weight excluding hydrogens is 336 g/mol. The first-order chi connectivity index (χ1) is 12.9. The third-order valence-corrected chi connectivity index (χ3v) is 4.73. The third kappa shape index (κ3) is 33.4. The number of carboxylic acid groups (broad SMARTS) is 1. The number of hydrogen-bond donors (Lipinski definition) is 2. The highest BCUT2D eigenvalue weighted by molar-refractivity contribution is 5.66. The van der Waals surface area contributed by atoms with E-state index in [1.54, 1.807) is 0 Å². The average Bonchev–Trinajstić information content (AvgIpc) is 2.60. The molecule has 0 bridgehead atoms. The van der Waals surface area contributed by atoms with Crippen LogP contribution in [-0.4, -0.2) is 43.2 Å². The highest BCUT2D eigenvalue weighted by Crippen LogP contribution is 2.14. The van der Waals surface area contributed by atoms with E-state index < -0.39 is 5.97 Å². The van der Waals surface area contributed by atoms with E-state index >= 15 is 0 Å². The highest BCUT2D eigenvalue weighted by atomic mass is 16.4. The molecule has 0 spiro atoms. The smallest absolute Gasteiger partial charge is 0.303 e. The predicted molar refractivity (Wildman–Crippen MR) is 119 cm³/mol. The Kier molecular flexibility index (Phi) is 24.8. The lowest BCUT2D eigenvalue weighted by molar-refractivity contribution is -0.137. The molecule has 0 aromatic heterocycles. The summed E-state index contributed by atoms with van der Waals surface area (Å²) in [5.41, 5.74) is 5.25. The van der Waals surface area contributed by atoms with Gasteiger partial charge in [-0.2, -0.15) is 0 Å². The maximum absolute atomic E-state index is 10.3. The van der Waals surface area contributed by atoms with Gasteiger partial charge in [0, 0.05) is 6.42 Å². The number of carbonyl (C=O) groups is 1. The first-order valence-electron chi connectivity index (χ1n) is 11.5. The van der Waals surface area contributed by atoms with Gasteiger partial charge in [0.15, 0.2) is 0 Å². The fraction of sp³-hybridized carbons (Fsp3) is 0.957. The van der Waals surface area contributed by atoms with Crippen molar-refractivity contribution in [3.05, 3.63) is 0 Å². The lowest BCUT2D eigenvalue weighted by atomic mass is 10.0. The summed E-state index contributed by atoms with van der Waals surface area (Å²) < 4.78 is 0. The van der Waals surface area contributed by atoms with Crippen LogP contribution in [-0.2, 0) is 4.79 Å². The second-order valence-corrected chi connectivity index (χ2v) is 8.51. The Balaban J connectivity index is 0. The molecule has 0 radical (unpaired) electrons. The summed E-state index contributed by atoms with van der Waals surface area (Å²) in [7, 11) is 4.10. The Morgan fingerprint density at radius 1 is 0.778 bits per heavy atom. The summed E-state index contributed by atoms with van der Waals surface area (Å²) in [6.45, 7) is 6.53. The van der Waals surface area contributed by atoms with Crippen LogP contribution in [0.15, 0.2) is 0 Å². The molecule has 0 aliphatic rings. The molecule has 0 aromatic rings. The van der Waals surface area contributed by atoms with Gasteiger partial charge in [0.25, 0.3) is 0 Å². The molecule has 164 valence electrons. The number of rotatable bonds is 18. The van der Waals surface area contributed by atoms with Crippen molar-refractivity contribution in [3.63, 3.8) is 0 Å². The van der Waals surface area contributed by atoms with Crippen molar-refractivity contribution in [2.75, 3.05) is 27.2 Å². The molecule has 0 aliphatic heterocycles. The van der Waals surface area contributed by atoms with E-state index in [9.17, 15) is 4.79 Å². The van der Waals surface area contributed by atoms with Crippen LogP contribution < -0.4 is 5.73 Å². The summed E-state index contributed by atoms with van der Waals surface area (Å²) in [5.74, 6) is 0.212. The van der Waals surface area contributed by atoms with Crippen molar-refractivity contribution in [3.8, 4) is 0 Å². The van der Waals surface area contributed by atoms with Crippen molar-refractivity contribution in [2.24, 2.45) is 11.7 Å². The summed E-state index contributed by atoms with van der Waals surface area (Å²) in [6, 6.07) is 0. The predicted octanol–water partition coefficient (Wildman–Crippen LogP) is 6.09. The maximum Gasteiger partial charge on any atom is 0.303 e. The Morgan fingerprint density at radius 3 is 1.48 bits per heavy atom. The minimum Gasteiger partial charge on any atom is -0.481 e. The normalized spacial score (nSPS) is 10.9. The van der Waals surface area contributed by atoms with Crippen LogP contribution in [0, 0.1) is 5.92 Å². The molecule has 0 fully saturated rings. The molecule has 3 N–H and O–H groups in total. The number of hydrogen-bond acceptors (Lipinski definition) is 3. The molecular formula is C23H50N2O2. The highest BCUT2D eigenvalue weighted by Gasteiger charge is 1.97. The third-order valence-electron chi connectivity index (χ3n) is 4.73. The SMILES string of the molecule is CC(C)CCCCCCCCCCCCCCC(=O)O.CN(C)CCCN. The van der Waals surface area contributed by atoms with E-state index in [0.717, 1.165) is 38.3 Å². The van der Waals surface area contributed by atoms with Gasteiger partial charge in [0.05, 0.1) is 0 Å². The van der Waals surface area contributed by atoms with Gasteiger partial charge in [0.1, 0.15) is 0 Å². The van der Waals surface area contributed by atoms with Gasteiger partial charge in [-0.15, -0.1) is 0 Å². The van der Waals surface area contributed by atoms with Crippen LogP contribution in [0.5, 0.6) is 0 Å². The fourth-order valence-corrected chi connectivity index (χ4v) is 3.00. The first kappa shape index (κ1) is 28.6. The monoisotopic (exact) mass is 386 g/mol. The van der Waals surface area contributed by atoms with Crippen molar-refractivity contribution < 1.29 is 9.90 Å². The number of unbranched alkanes of at least 4 members (excludes halogenated alkanes) is 11. The van der Waals surface area contributed by atoms with E-state index in [4.69, 9.17) is 10.8 Å². The van der Waals surface area contributed by atoms with Gasteiger partial charge in [-0.25, -0.2) is 0 Å². The zero-order valence-corrected chi connectivity index (χ0v) is 19.0. The van der Waals surface area contributed by atoms with Gasteiger partial charge in [-0.3, -0.25) is 4.79 Å². The summed E-state index contributed by atoms with van der Waals surface area (Å²) >= 11 is 0. The largest absolute Gasteiger partial charge is 0.481 e. The van der Waals surface area contributed by atoms with E-state index in [1.165, 1.54) is 70.6 Å². The molecule has 0 unspecified atom stereocenters. The van der Waals surface area contributed by atoms with Crippen LogP contribution in [0.4, 0.5) is 0 Å². The Labute approximate surface area is 170 Å². The number of aliphatic carboxylic acids is 1. The number of carboxylic acids is 1. The molecule has 27 heavy (non-hydrogen) atoms. The summed E-state index contributed by atoms with van der Waals surface area (Å²) in [5, 5.41) is 8.52. The second-order valence-electron chi connectivity index (χ2n) is 8.51. The minimum atomic E-state index is -0.654. The second kappa shape index (κ2) is 23.4. The average molecular weight is 387 g/mol. The fourth-order valence-electron chi connectivity index (χ4n) is 3.00. The molecule has 0 aromatic carbocycles. The van der Waals surface area contributed by atoms with Crippen molar-refractivity contribution >= 4 is 5.97 Å². The van der Waals surface area contributed by atoms with Crippen LogP contribution >= 0.6 is 0 Å². The molecule has 0 aliphatic carbocycles. The van der Waals surface area contributed by atoms with Crippen LogP contribution in [0.1, 0.15) is 110 Å². The zero-order valence-electron chi connectivity index (χ0n) is 19.0. The molecule has 0 atom stereocenters. The molecule has 4 nitrogen and oxygen atoms in total. The van der Waals surface area contributed by atoms with Crippen LogP contribution in [0.3, 0.4) is 0 Å². The van der Waals surface area contributed by atoms with E-state index in [0.29, 0.717) is 6.42 Å². The minimum absolute atomic E-state index is 0.344. The van der Waals surface area contributed by atoms with E-state index in [1.807, 2.05) is 0 Å². The summed E-state index contributed by atoms with van der Waals surface area (Å²) in [6.07, 6.45) is 18.4. The van der Waals surface area contributed by atoms with Gasteiger partial charge >= 0.3 is 5.97 Å². The standard InChI is InChI=1S/C18H36O2.C5H14N2/c1-17(2)15-13-11-9-7-5-3-4-6-8-10-12-14-16-18(19)20;1-7(2)5-3-4-6/h17H,3-16H2,1-2H3,(H,19,20);3-6H2,1-2H3. The quantitative estimate of drug-likeness (QED) is 0.280. The van der Waals surface area contributed by atoms with E-state index in [2.05, 4.69) is 32.8 Å². The van der Waals surface area contributed by atoms with Crippen molar-refractivity contribution in [1.29, 1.82) is 0 Å². The lowest BCUT2D eigenvalue weighted by Gasteiger charge is -2.05. The molecule has 0 amide bonds. The molecule has 0 rings (SSSR count). The maximum atomic E-state index is 10.3. The van der Waals surface area contributed by atoms with Gasteiger partial charge < -0.3 is 15.7 Å². The first-order valence-corrected chi connectivity index (χ1v) is 11.5. The van der Waals surface area contributed by atoms with E-state index in [-0.39, 0.29) is 0 Å². The van der Waals surface area contributed by atoms with Gasteiger partial charge in [-0.05, 0) is 45.9 Å². The summed E-state index contributed by atoms with van der Waals surface area (Å²) in [4.78, 5) is 12.5. The molecule has 0 heterocycles. The Bertz CT molecular complexity index is 294. The zero-order chi connectivity index (χ0) is 20.8. The van der Waals surface area contributed by atoms with Gasteiger partial charge in [-0.1, -0.05) is 90.9 Å². The van der Waals surface area contributed by atoms with Crippen LogP contribution in [0.2, 0.25) is 0 Å². The topological polar surface area (TPSA) is 66.6 Å². The van der Waals surface area contributed by atoms with Crippen molar-refractivity contribution in [2.45, 2.75) is 110 Å². The molecule has 0 saturated heterocycles. The van der Waals surface area contributed by atoms with Gasteiger partial charge in [0.2, 0.25) is 0 Å². The number of nitrogens with zero attached hydrogens (tertiary/aromatic N) is 1. The Hall–Kier alpha value is -0.610. The lowest BCUT2D eigenvalue weighted by Crippen LogP contribution is -2.16. The number of nitrogens with two attached hydrogens (primary N) is 1. The molecule has 0 saturated carbocycles. The van der Waals surface area contributed by atoms with Crippen molar-refractivity contribution in [1.82, 2.24) is 4.90 Å². The molecule has 4 heteroatoms.